The highest BCUT2D eigenvalue weighted by atomic mass is 19.4. The lowest BCUT2D eigenvalue weighted by Crippen LogP contribution is -2.31. The van der Waals surface area contributed by atoms with E-state index < -0.39 is 17.6 Å². The van der Waals surface area contributed by atoms with E-state index >= 15 is 0 Å². The summed E-state index contributed by atoms with van der Waals surface area (Å²) in [5.41, 5.74) is 2.07. The smallest absolute Gasteiger partial charge is 0.416 e. The molecule has 3 aromatic rings. The van der Waals surface area contributed by atoms with E-state index in [2.05, 4.69) is 10.4 Å². The average molecular weight is 429 g/mol. The van der Waals surface area contributed by atoms with E-state index in [0.29, 0.717) is 13.0 Å². The molecule has 0 fully saturated rings. The van der Waals surface area contributed by atoms with Crippen molar-refractivity contribution in [2.45, 2.75) is 38.0 Å². The molecule has 1 amide bonds. The lowest BCUT2D eigenvalue weighted by molar-refractivity contribution is -0.137. The zero-order valence-electron chi connectivity index (χ0n) is 16.9. The molecule has 1 unspecified atom stereocenters. The molecular weight excluding hydrogens is 407 g/mol. The normalized spacial score (nSPS) is 15.9. The zero-order valence-corrected chi connectivity index (χ0v) is 16.9. The molecule has 162 valence electrons. The summed E-state index contributed by atoms with van der Waals surface area (Å²) in [6.45, 7) is 0.535. The van der Waals surface area contributed by atoms with Gasteiger partial charge in [-0.15, -0.1) is 0 Å². The van der Waals surface area contributed by atoms with Gasteiger partial charge in [0.15, 0.2) is 0 Å². The first-order valence-corrected chi connectivity index (χ1v) is 10.0. The third-order valence-corrected chi connectivity index (χ3v) is 5.53. The monoisotopic (exact) mass is 429 g/mol. The van der Waals surface area contributed by atoms with Crippen molar-refractivity contribution in [1.82, 2.24) is 15.1 Å². The molecule has 1 aliphatic rings. The number of fused-ring (bicyclic) bond motifs is 1. The van der Waals surface area contributed by atoms with Crippen molar-refractivity contribution in [3.63, 3.8) is 0 Å². The van der Waals surface area contributed by atoms with Crippen molar-refractivity contribution in [2.24, 2.45) is 0 Å². The van der Waals surface area contributed by atoms with Gasteiger partial charge in [-0.1, -0.05) is 24.3 Å². The molecule has 0 bridgehead atoms. The second-order valence-electron chi connectivity index (χ2n) is 7.51. The molecule has 4 rings (SSSR count). The van der Waals surface area contributed by atoms with Gasteiger partial charge in [0.2, 0.25) is 0 Å². The number of rotatable bonds is 5. The number of carbonyl (C=O) groups excluding carboxylic acids is 1. The van der Waals surface area contributed by atoms with E-state index in [1.807, 2.05) is 28.9 Å². The van der Waals surface area contributed by atoms with Crippen molar-refractivity contribution in [3.05, 3.63) is 82.7 Å². The number of halogens is 3. The van der Waals surface area contributed by atoms with Crippen LogP contribution in [0.5, 0.6) is 5.75 Å². The number of hydrogen-bond acceptors (Lipinski definition) is 3. The quantitative estimate of drug-likeness (QED) is 0.636. The number of nitrogens with one attached hydrogen (secondary N) is 1. The number of aromatic nitrogens is 2. The van der Waals surface area contributed by atoms with Crippen LogP contribution in [0.3, 0.4) is 0 Å². The predicted octanol–water partition coefficient (Wildman–Crippen LogP) is 4.77. The molecule has 5 nitrogen and oxygen atoms in total. The number of hydrogen-bond donors (Lipinski definition) is 1. The van der Waals surface area contributed by atoms with Gasteiger partial charge in [-0.25, -0.2) is 0 Å². The van der Waals surface area contributed by atoms with Crippen LogP contribution >= 0.6 is 0 Å². The third kappa shape index (κ3) is 4.42. The Balaban J connectivity index is 1.54. The highest BCUT2D eigenvalue weighted by molar-refractivity contribution is 5.94. The van der Waals surface area contributed by atoms with Crippen LogP contribution in [0.15, 0.2) is 54.7 Å². The number of nitrogens with zero attached hydrogens (tertiary/aromatic N) is 2. The van der Waals surface area contributed by atoms with Gasteiger partial charge in [0, 0.05) is 22.4 Å². The van der Waals surface area contributed by atoms with Gasteiger partial charge in [-0.05, 0) is 43.5 Å². The van der Waals surface area contributed by atoms with Crippen LogP contribution in [0, 0.1) is 0 Å². The second kappa shape index (κ2) is 8.45. The minimum atomic E-state index is -4.49. The van der Waals surface area contributed by atoms with Crippen LogP contribution in [0.4, 0.5) is 13.2 Å². The lowest BCUT2D eigenvalue weighted by Gasteiger charge is -2.24. The molecule has 1 N–H and O–H groups in total. The minimum absolute atomic E-state index is 0.0108. The number of para-hydroxylation sites is 1. The topological polar surface area (TPSA) is 56.1 Å². The summed E-state index contributed by atoms with van der Waals surface area (Å²) >= 11 is 0. The Kier molecular flexibility index (Phi) is 5.71. The van der Waals surface area contributed by atoms with Crippen molar-refractivity contribution in [3.8, 4) is 5.75 Å². The Morgan fingerprint density at radius 3 is 2.81 bits per heavy atom. The molecule has 1 atom stereocenters. The third-order valence-electron chi connectivity index (χ3n) is 5.53. The molecule has 0 spiro atoms. The molecule has 0 saturated heterocycles. The number of amides is 1. The largest absolute Gasteiger partial charge is 0.496 e. The maximum Gasteiger partial charge on any atom is 0.416 e. The van der Waals surface area contributed by atoms with E-state index in [1.54, 1.807) is 13.3 Å². The van der Waals surface area contributed by atoms with Crippen LogP contribution in [-0.2, 0) is 19.1 Å². The van der Waals surface area contributed by atoms with Gasteiger partial charge >= 0.3 is 6.18 Å². The lowest BCUT2D eigenvalue weighted by atomic mass is 9.92. The molecular formula is C23H22F3N3O2. The maximum atomic E-state index is 13.0. The van der Waals surface area contributed by atoms with E-state index in [-0.39, 0.29) is 11.6 Å². The maximum absolute atomic E-state index is 13.0. The molecule has 2 aromatic carbocycles. The van der Waals surface area contributed by atoms with E-state index in [4.69, 9.17) is 4.74 Å². The van der Waals surface area contributed by atoms with Crippen molar-refractivity contribution in [2.75, 3.05) is 7.11 Å². The summed E-state index contributed by atoms with van der Waals surface area (Å²) in [7, 11) is 1.62. The van der Waals surface area contributed by atoms with Crippen molar-refractivity contribution in [1.29, 1.82) is 0 Å². The molecule has 0 aliphatic heterocycles. The molecule has 8 heteroatoms. The fourth-order valence-corrected chi connectivity index (χ4v) is 3.98. The molecule has 0 saturated carbocycles. The first-order valence-electron chi connectivity index (χ1n) is 10.0. The van der Waals surface area contributed by atoms with Crippen LogP contribution in [-0.4, -0.2) is 22.8 Å². The molecule has 1 heterocycles. The number of carbonyl (C=O) groups is 1. The average Bonchev–Trinajstić information content (AvgIpc) is 3.17. The van der Waals surface area contributed by atoms with Gasteiger partial charge < -0.3 is 10.1 Å². The number of ether oxygens (including phenoxy) is 1. The second-order valence-corrected chi connectivity index (χ2v) is 7.51. The minimum Gasteiger partial charge on any atom is -0.496 e. The molecule has 0 radical (unpaired) electrons. The van der Waals surface area contributed by atoms with Crippen LogP contribution < -0.4 is 10.1 Å². The van der Waals surface area contributed by atoms with E-state index in [1.165, 1.54) is 12.1 Å². The first-order chi connectivity index (χ1) is 14.9. The molecule has 1 aliphatic carbocycles. The predicted molar refractivity (Wildman–Crippen MR) is 109 cm³/mol. The fourth-order valence-electron chi connectivity index (χ4n) is 3.98. The van der Waals surface area contributed by atoms with Crippen molar-refractivity contribution < 1.29 is 22.7 Å². The van der Waals surface area contributed by atoms with E-state index in [0.717, 1.165) is 47.5 Å². The number of methoxy groups -OCH3 is 1. The number of benzene rings is 2. The summed E-state index contributed by atoms with van der Waals surface area (Å²) in [5.74, 6) is 0.249. The summed E-state index contributed by atoms with van der Waals surface area (Å²) in [6, 6.07) is 11.9. The van der Waals surface area contributed by atoms with Gasteiger partial charge in [0.25, 0.3) is 5.91 Å². The summed E-state index contributed by atoms with van der Waals surface area (Å²) in [6.07, 6.45) is -0.383. The SMILES string of the molecule is COc1ccccc1Cn1ncc2c1CCCC2NC(=O)c1cccc(C(F)(F)F)c1. The van der Waals surface area contributed by atoms with Gasteiger partial charge in [-0.2, -0.15) is 18.3 Å². The standard InChI is InChI=1S/C23H22F3N3O2/c1-31-21-11-3-2-6-16(21)14-29-20-10-5-9-19(18(20)13-27-29)28-22(30)15-7-4-8-17(12-15)23(24,25)26/h2-4,6-8,11-13,19H,5,9-10,14H2,1H3,(H,28,30). The van der Waals surface area contributed by atoms with Crippen molar-refractivity contribution >= 4 is 5.91 Å². The highest BCUT2D eigenvalue weighted by Crippen LogP contribution is 2.32. The molecule has 31 heavy (non-hydrogen) atoms. The van der Waals surface area contributed by atoms with Crippen LogP contribution in [0.2, 0.25) is 0 Å². The Hall–Kier alpha value is -3.29. The van der Waals surface area contributed by atoms with Crippen LogP contribution in [0.1, 0.15) is 51.6 Å². The fraction of sp³-hybridized carbons (Fsp3) is 0.304. The van der Waals surface area contributed by atoms with Crippen LogP contribution in [0.25, 0.3) is 0 Å². The number of alkyl halides is 3. The Morgan fingerprint density at radius 1 is 1.23 bits per heavy atom. The Morgan fingerprint density at radius 2 is 2.03 bits per heavy atom. The Bertz CT molecular complexity index is 1090. The van der Waals surface area contributed by atoms with Gasteiger partial charge in [0.1, 0.15) is 5.75 Å². The summed E-state index contributed by atoms with van der Waals surface area (Å²) in [5, 5.41) is 7.39. The van der Waals surface area contributed by atoms with E-state index in [9.17, 15) is 18.0 Å². The summed E-state index contributed by atoms with van der Waals surface area (Å²) in [4.78, 5) is 12.7. The zero-order chi connectivity index (χ0) is 22.0. The molecule has 1 aromatic heterocycles. The van der Waals surface area contributed by atoms with Gasteiger partial charge in [0.05, 0.1) is 31.5 Å². The highest BCUT2D eigenvalue weighted by Gasteiger charge is 2.31. The Labute approximate surface area is 177 Å². The van der Waals surface area contributed by atoms with Gasteiger partial charge in [-0.3, -0.25) is 9.48 Å². The summed E-state index contributed by atoms with van der Waals surface area (Å²) < 4.78 is 46.2. The first kappa shape index (κ1) is 21.0.